The molecule has 1 fully saturated rings. The van der Waals surface area contributed by atoms with Gasteiger partial charge < -0.3 is 20.3 Å². The number of hydrogen-bond acceptors (Lipinski definition) is 5. The third-order valence-corrected chi connectivity index (χ3v) is 3.39. The molecule has 0 saturated carbocycles. The first-order valence-electron chi connectivity index (χ1n) is 5.99. The Balaban J connectivity index is 2.00. The van der Waals surface area contributed by atoms with Crippen molar-refractivity contribution in [3.63, 3.8) is 0 Å². The summed E-state index contributed by atoms with van der Waals surface area (Å²) in [6.07, 6.45) is 0.230. The van der Waals surface area contributed by atoms with Gasteiger partial charge in [-0.15, -0.1) is 0 Å². The highest BCUT2D eigenvalue weighted by molar-refractivity contribution is 5.53. The van der Waals surface area contributed by atoms with E-state index < -0.39 is 0 Å². The molecule has 18 heavy (non-hydrogen) atoms. The summed E-state index contributed by atoms with van der Waals surface area (Å²) in [6, 6.07) is 5.31. The van der Waals surface area contributed by atoms with E-state index in [9.17, 15) is 5.11 Å². The van der Waals surface area contributed by atoms with E-state index in [1.54, 1.807) is 26.4 Å². The fraction of sp³-hybridized carbons (Fsp3) is 0.538. The minimum absolute atomic E-state index is 0.115. The Hall–Kier alpha value is -1.30. The lowest BCUT2D eigenvalue weighted by molar-refractivity contribution is -0.00461. The minimum atomic E-state index is 0.115. The van der Waals surface area contributed by atoms with E-state index in [0.717, 1.165) is 25.2 Å². The molecule has 0 radical (unpaired) electrons. The molecule has 3 N–H and O–H groups in total. The molecule has 2 rings (SSSR count). The van der Waals surface area contributed by atoms with Gasteiger partial charge in [-0.25, -0.2) is 0 Å². The number of anilines is 1. The van der Waals surface area contributed by atoms with E-state index in [2.05, 4.69) is 4.90 Å². The SMILES string of the molecule is COC1CN(Cc2ccc(O)c(N)c2)CC1OC. The molecule has 2 unspecified atom stereocenters. The van der Waals surface area contributed by atoms with Crippen molar-refractivity contribution in [3.8, 4) is 5.75 Å². The monoisotopic (exact) mass is 252 g/mol. The van der Waals surface area contributed by atoms with Gasteiger partial charge in [0.1, 0.15) is 5.75 Å². The van der Waals surface area contributed by atoms with Crippen LogP contribution in [0.1, 0.15) is 5.56 Å². The number of likely N-dealkylation sites (tertiary alicyclic amines) is 1. The lowest BCUT2D eigenvalue weighted by Gasteiger charge is -2.15. The standard InChI is InChI=1S/C13H20N2O3/c1-17-12-7-15(8-13(12)18-2)6-9-3-4-11(16)10(14)5-9/h3-5,12-13,16H,6-8,14H2,1-2H3. The second kappa shape index (κ2) is 5.56. The van der Waals surface area contributed by atoms with Crippen LogP contribution in [0.25, 0.3) is 0 Å². The molecule has 1 aromatic carbocycles. The normalized spacial score (nSPS) is 24.6. The predicted octanol–water partition coefficient (Wildman–Crippen LogP) is 0.820. The summed E-state index contributed by atoms with van der Waals surface area (Å²) in [4.78, 5) is 2.26. The van der Waals surface area contributed by atoms with E-state index >= 15 is 0 Å². The summed E-state index contributed by atoms with van der Waals surface area (Å²) >= 11 is 0. The zero-order valence-electron chi connectivity index (χ0n) is 10.8. The van der Waals surface area contributed by atoms with Crippen molar-refractivity contribution in [2.75, 3.05) is 33.0 Å². The first kappa shape index (κ1) is 13.1. The Morgan fingerprint density at radius 2 is 1.89 bits per heavy atom. The van der Waals surface area contributed by atoms with Crippen molar-refractivity contribution in [1.82, 2.24) is 4.90 Å². The molecule has 1 saturated heterocycles. The van der Waals surface area contributed by atoms with E-state index in [0.29, 0.717) is 5.69 Å². The number of benzene rings is 1. The molecular weight excluding hydrogens is 232 g/mol. The van der Waals surface area contributed by atoms with Gasteiger partial charge in [-0.3, -0.25) is 4.90 Å². The van der Waals surface area contributed by atoms with Gasteiger partial charge in [0.15, 0.2) is 0 Å². The third kappa shape index (κ3) is 2.75. The van der Waals surface area contributed by atoms with E-state index in [1.165, 1.54) is 0 Å². The van der Waals surface area contributed by atoms with Gasteiger partial charge >= 0.3 is 0 Å². The quantitative estimate of drug-likeness (QED) is 0.613. The Kier molecular flexibility index (Phi) is 4.06. The molecule has 0 bridgehead atoms. The van der Waals surface area contributed by atoms with Gasteiger partial charge in [-0.2, -0.15) is 0 Å². The van der Waals surface area contributed by atoms with Crippen LogP contribution in [-0.2, 0) is 16.0 Å². The van der Waals surface area contributed by atoms with Gasteiger partial charge in [0, 0.05) is 33.9 Å². The number of nitrogens with zero attached hydrogens (tertiary/aromatic N) is 1. The molecule has 0 amide bonds. The maximum Gasteiger partial charge on any atom is 0.138 e. The van der Waals surface area contributed by atoms with Gasteiger partial charge in [0.25, 0.3) is 0 Å². The lowest BCUT2D eigenvalue weighted by Crippen LogP contribution is -2.27. The Labute approximate surface area is 107 Å². The fourth-order valence-corrected chi connectivity index (χ4v) is 2.36. The largest absolute Gasteiger partial charge is 0.506 e. The number of methoxy groups -OCH3 is 2. The molecule has 1 aliphatic rings. The van der Waals surface area contributed by atoms with Crippen LogP contribution in [-0.4, -0.2) is 49.5 Å². The summed E-state index contributed by atoms with van der Waals surface area (Å²) in [5, 5.41) is 9.39. The molecule has 0 spiro atoms. The van der Waals surface area contributed by atoms with Gasteiger partial charge in [0.2, 0.25) is 0 Å². The smallest absolute Gasteiger partial charge is 0.138 e. The third-order valence-electron chi connectivity index (χ3n) is 3.39. The molecule has 0 aromatic heterocycles. The summed E-state index contributed by atoms with van der Waals surface area (Å²) in [7, 11) is 3.41. The molecule has 1 aliphatic heterocycles. The molecule has 1 heterocycles. The van der Waals surface area contributed by atoms with Crippen LogP contribution in [0.5, 0.6) is 5.75 Å². The average Bonchev–Trinajstić information content (AvgIpc) is 2.76. The molecule has 1 aromatic rings. The molecule has 0 aliphatic carbocycles. The number of nitrogens with two attached hydrogens (primary N) is 1. The first-order chi connectivity index (χ1) is 8.63. The topological polar surface area (TPSA) is 68.0 Å². The fourth-order valence-electron chi connectivity index (χ4n) is 2.36. The Morgan fingerprint density at radius 3 is 2.39 bits per heavy atom. The maximum atomic E-state index is 9.39. The number of hydrogen-bond donors (Lipinski definition) is 2. The Bertz CT molecular complexity index is 399. The van der Waals surface area contributed by atoms with Crippen molar-refractivity contribution in [1.29, 1.82) is 0 Å². The van der Waals surface area contributed by atoms with E-state index in [4.69, 9.17) is 15.2 Å². The number of phenolic OH excluding ortho intramolecular Hbond substituents is 1. The zero-order valence-corrected chi connectivity index (χ0v) is 10.8. The van der Waals surface area contributed by atoms with Crippen LogP contribution in [0.2, 0.25) is 0 Å². The summed E-state index contributed by atoms with van der Waals surface area (Å²) < 4.78 is 10.8. The number of rotatable bonds is 4. The first-order valence-corrected chi connectivity index (χ1v) is 5.99. The average molecular weight is 252 g/mol. The van der Waals surface area contributed by atoms with Crippen LogP contribution >= 0.6 is 0 Å². The van der Waals surface area contributed by atoms with E-state index in [-0.39, 0.29) is 18.0 Å². The van der Waals surface area contributed by atoms with Crippen molar-refractivity contribution in [3.05, 3.63) is 23.8 Å². The van der Waals surface area contributed by atoms with Gasteiger partial charge in [-0.1, -0.05) is 6.07 Å². The van der Waals surface area contributed by atoms with Crippen LogP contribution in [0.3, 0.4) is 0 Å². The molecule has 2 atom stereocenters. The molecule has 100 valence electrons. The molecule has 5 nitrogen and oxygen atoms in total. The van der Waals surface area contributed by atoms with Crippen molar-refractivity contribution >= 4 is 5.69 Å². The van der Waals surface area contributed by atoms with Crippen LogP contribution < -0.4 is 5.73 Å². The summed E-state index contributed by atoms with van der Waals surface area (Å²) in [5.74, 6) is 0.129. The lowest BCUT2D eigenvalue weighted by atomic mass is 10.2. The second-order valence-corrected chi connectivity index (χ2v) is 4.64. The van der Waals surface area contributed by atoms with Crippen molar-refractivity contribution < 1.29 is 14.6 Å². The molecular formula is C13H20N2O3. The van der Waals surface area contributed by atoms with Crippen LogP contribution in [0.15, 0.2) is 18.2 Å². The summed E-state index contributed by atoms with van der Waals surface area (Å²) in [6.45, 7) is 2.47. The predicted molar refractivity (Wildman–Crippen MR) is 69.4 cm³/mol. The second-order valence-electron chi connectivity index (χ2n) is 4.64. The van der Waals surface area contributed by atoms with Crippen molar-refractivity contribution in [2.24, 2.45) is 0 Å². The highest BCUT2D eigenvalue weighted by Gasteiger charge is 2.32. The van der Waals surface area contributed by atoms with E-state index in [1.807, 2.05) is 6.07 Å². The number of ether oxygens (including phenoxy) is 2. The number of phenols is 1. The highest BCUT2D eigenvalue weighted by Crippen LogP contribution is 2.23. The van der Waals surface area contributed by atoms with Gasteiger partial charge in [-0.05, 0) is 17.7 Å². The Morgan fingerprint density at radius 1 is 1.28 bits per heavy atom. The zero-order chi connectivity index (χ0) is 13.1. The maximum absolute atomic E-state index is 9.39. The molecule has 5 heteroatoms. The van der Waals surface area contributed by atoms with Crippen LogP contribution in [0.4, 0.5) is 5.69 Å². The summed E-state index contributed by atoms with van der Waals surface area (Å²) in [5.41, 5.74) is 7.18. The highest BCUT2D eigenvalue weighted by atomic mass is 16.5. The number of nitrogen functional groups attached to an aromatic ring is 1. The minimum Gasteiger partial charge on any atom is -0.506 e. The van der Waals surface area contributed by atoms with Crippen molar-refractivity contribution in [2.45, 2.75) is 18.8 Å². The van der Waals surface area contributed by atoms with Crippen LogP contribution in [0, 0.1) is 0 Å². The van der Waals surface area contributed by atoms with Gasteiger partial charge in [0.05, 0.1) is 17.9 Å². The number of aromatic hydroxyl groups is 1.